The molecule has 7 heteroatoms. The number of nitrogens with zero attached hydrogens (tertiary/aromatic N) is 4. The Morgan fingerprint density at radius 1 is 1.42 bits per heavy atom. The summed E-state index contributed by atoms with van der Waals surface area (Å²) in [4.78, 5) is 1.16. The van der Waals surface area contributed by atoms with Crippen LogP contribution in [0.1, 0.15) is 24.4 Å². The number of aromatic nitrogens is 4. The molecule has 0 atom stereocenters. The highest BCUT2D eigenvalue weighted by Gasteiger charge is 2.28. The van der Waals surface area contributed by atoms with Gasteiger partial charge in [-0.1, -0.05) is 22.0 Å². The zero-order valence-electron chi connectivity index (χ0n) is 10.3. The zero-order chi connectivity index (χ0) is 13.2. The maximum Gasteiger partial charge on any atom is 0.214 e. The lowest BCUT2D eigenvalue weighted by molar-refractivity contribution is 0.565. The summed E-state index contributed by atoms with van der Waals surface area (Å²) in [6.07, 6.45) is 3.21. The van der Waals surface area contributed by atoms with Gasteiger partial charge >= 0.3 is 0 Å². The molecule has 0 spiro atoms. The van der Waals surface area contributed by atoms with Crippen molar-refractivity contribution in [2.75, 3.05) is 6.54 Å². The molecule has 19 heavy (non-hydrogen) atoms. The fraction of sp³-hybridized carbons (Fsp3) is 0.417. The highest BCUT2D eigenvalue weighted by Crippen LogP contribution is 2.39. The van der Waals surface area contributed by atoms with Crippen molar-refractivity contribution in [2.24, 2.45) is 5.73 Å². The number of hydrogen-bond acceptors (Lipinski definition) is 5. The third-order valence-corrected chi connectivity index (χ3v) is 4.54. The molecule has 0 saturated heterocycles. The van der Waals surface area contributed by atoms with Gasteiger partial charge in [-0.15, -0.1) is 5.10 Å². The average Bonchev–Trinajstić information content (AvgIpc) is 3.14. The molecule has 0 amide bonds. The van der Waals surface area contributed by atoms with Gasteiger partial charge in [0.05, 0.1) is 6.04 Å². The number of halogens is 1. The van der Waals surface area contributed by atoms with E-state index >= 15 is 0 Å². The fourth-order valence-electron chi connectivity index (χ4n) is 1.88. The van der Waals surface area contributed by atoms with E-state index in [9.17, 15) is 0 Å². The molecule has 0 aliphatic heterocycles. The normalized spacial score (nSPS) is 14.8. The maximum atomic E-state index is 5.66. The molecule has 1 heterocycles. The summed E-state index contributed by atoms with van der Waals surface area (Å²) in [6.45, 7) is 0.642. The predicted octanol–water partition coefficient (Wildman–Crippen LogP) is 2.42. The van der Waals surface area contributed by atoms with Gasteiger partial charge < -0.3 is 5.73 Å². The van der Waals surface area contributed by atoms with E-state index in [0.717, 1.165) is 20.9 Å². The Labute approximate surface area is 124 Å². The van der Waals surface area contributed by atoms with E-state index in [2.05, 4.69) is 43.6 Å². The third kappa shape index (κ3) is 2.98. The third-order valence-electron chi connectivity index (χ3n) is 3.00. The highest BCUT2D eigenvalue weighted by atomic mass is 79.9. The van der Waals surface area contributed by atoms with Crippen molar-refractivity contribution in [1.29, 1.82) is 0 Å². The fourth-order valence-corrected chi connectivity index (χ4v) is 3.44. The second-order valence-corrected chi connectivity index (χ2v) is 6.45. The van der Waals surface area contributed by atoms with Crippen molar-refractivity contribution in [3.8, 4) is 0 Å². The number of hydrogen-bond donors (Lipinski definition) is 1. The Balaban J connectivity index is 1.88. The molecular weight excluding hydrogens is 326 g/mol. The minimum atomic E-state index is 0.489. The van der Waals surface area contributed by atoms with E-state index in [0.29, 0.717) is 12.6 Å². The first-order valence-corrected chi connectivity index (χ1v) is 7.83. The first kappa shape index (κ1) is 13.1. The Kier molecular flexibility index (Phi) is 3.86. The smallest absolute Gasteiger partial charge is 0.214 e. The van der Waals surface area contributed by atoms with Crippen LogP contribution < -0.4 is 5.73 Å². The summed E-state index contributed by atoms with van der Waals surface area (Å²) in [6, 6.07) is 6.73. The van der Waals surface area contributed by atoms with Gasteiger partial charge in [0.1, 0.15) is 0 Å². The lowest BCUT2D eigenvalue weighted by Crippen LogP contribution is -2.04. The van der Waals surface area contributed by atoms with Gasteiger partial charge in [-0.3, -0.25) is 0 Å². The minimum absolute atomic E-state index is 0.489. The van der Waals surface area contributed by atoms with Crippen molar-refractivity contribution in [2.45, 2.75) is 35.4 Å². The zero-order valence-corrected chi connectivity index (χ0v) is 12.7. The van der Waals surface area contributed by atoms with E-state index in [1.54, 1.807) is 11.8 Å². The Morgan fingerprint density at radius 2 is 2.26 bits per heavy atom. The van der Waals surface area contributed by atoms with E-state index in [1.165, 1.54) is 18.4 Å². The Bertz CT molecular complexity index is 581. The second-order valence-electron chi connectivity index (χ2n) is 4.53. The van der Waals surface area contributed by atoms with Crippen LogP contribution in [0.25, 0.3) is 0 Å². The van der Waals surface area contributed by atoms with Crippen LogP contribution in [0.2, 0.25) is 0 Å². The van der Waals surface area contributed by atoms with Crippen LogP contribution >= 0.6 is 27.7 Å². The Morgan fingerprint density at radius 3 is 3.00 bits per heavy atom. The quantitative estimate of drug-likeness (QED) is 0.905. The van der Waals surface area contributed by atoms with Crippen molar-refractivity contribution in [3.63, 3.8) is 0 Å². The van der Waals surface area contributed by atoms with Crippen LogP contribution in [0, 0.1) is 0 Å². The van der Waals surface area contributed by atoms with Gasteiger partial charge in [0.15, 0.2) is 0 Å². The minimum Gasteiger partial charge on any atom is -0.330 e. The standard InChI is InChI=1S/C12H14BrN5S/c13-9-2-1-8(5-6-14)11(7-9)19-12-15-16-17-18(12)10-3-4-10/h1-2,7,10H,3-6,14H2. The van der Waals surface area contributed by atoms with Crippen molar-refractivity contribution < 1.29 is 0 Å². The summed E-state index contributed by atoms with van der Waals surface area (Å²) < 4.78 is 2.99. The van der Waals surface area contributed by atoms with Gasteiger partial charge in [0, 0.05) is 9.37 Å². The summed E-state index contributed by atoms with van der Waals surface area (Å²) in [5, 5.41) is 12.8. The summed E-state index contributed by atoms with van der Waals surface area (Å²) in [5.41, 5.74) is 6.90. The van der Waals surface area contributed by atoms with Crippen LogP contribution in [0.15, 0.2) is 32.7 Å². The lowest BCUT2D eigenvalue weighted by atomic mass is 10.1. The van der Waals surface area contributed by atoms with Crippen LogP contribution in [-0.4, -0.2) is 26.8 Å². The number of tetrazole rings is 1. The van der Waals surface area contributed by atoms with Crippen LogP contribution in [0.5, 0.6) is 0 Å². The van der Waals surface area contributed by atoms with Gasteiger partial charge in [0.25, 0.3) is 0 Å². The van der Waals surface area contributed by atoms with E-state index in [4.69, 9.17) is 5.73 Å². The lowest BCUT2D eigenvalue weighted by Gasteiger charge is -2.08. The van der Waals surface area contributed by atoms with Gasteiger partial charge in [-0.05, 0) is 65.7 Å². The molecule has 0 unspecified atom stereocenters. The average molecular weight is 340 g/mol. The van der Waals surface area contributed by atoms with Crippen LogP contribution in [-0.2, 0) is 6.42 Å². The maximum absolute atomic E-state index is 5.66. The Hall–Kier alpha value is -0.920. The molecule has 3 rings (SSSR count). The van der Waals surface area contributed by atoms with E-state index < -0.39 is 0 Å². The molecule has 0 bridgehead atoms. The molecular formula is C12H14BrN5S. The summed E-state index contributed by atoms with van der Waals surface area (Å²) in [5.74, 6) is 0. The van der Waals surface area contributed by atoms with Crippen molar-refractivity contribution in [3.05, 3.63) is 28.2 Å². The van der Waals surface area contributed by atoms with Gasteiger partial charge in [-0.2, -0.15) is 0 Å². The molecule has 1 aliphatic rings. The van der Waals surface area contributed by atoms with Gasteiger partial charge in [-0.25, -0.2) is 4.68 Å². The van der Waals surface area contributed by atoms with Crippen LogP contribution in [0.4, 0.5) is 0 Å². The SMILES string of the molecule is NCCc1ccc(Br)cc1Sc1nnnn1C1CC1. The van der Waals surface area contributed by atoms with Crippen LogP contribution in [0.3, 0.4) is 0 Å². The molecule has 2 aromatic rings. The van der Waals surface area contributed by atoms with Crippen molar-refractivity contribution >= 4 is 27.7 Å². The monoisotopic (exact) mass is 339 g/mol. The molecule has 0 radical (unpaired) electrons. The van der Waals surface area contributed by atoms with E-state index in [1.807, 2.05) is 10.7 Å². The number of benzene rings is 1. The molecule has 1 fully saturated rings. The predicted molar refractivity (Wildman–Crippen MR) is 77.1 cm³/mol. The molecule has 1 aromatic heterocycles. The molecule has 1 aliphatic carbocycles. The molecule has 1 saturated carbocycles. The summed E-state index contributed by atoms with van der Waals surface area (Å²) in [7, 11) is 0. The van der Waals surface area contributed by atoms with Gasteiger partial charge in [0.2, 0.25) is 5.16 Å². The second kappa shape index (κ2) is 5.60. The highest BCUT2D eigenvalue weighted by molar-refractivity contribution is 9.10. The number of nitrogens with two attached hydrogens (primary N) is 1. The summed E-state index contributed by atoms with van der Waals surface area (Å²) >= 11 is 5.12. The molecule has 1 aromatic carbocycles. The molecule has 2 N–H and O–H groups in total. The molecule has 100 valence electrons. The first-order chi connectivity index (χ1) is 9.28. The molecule has 5 nitrogen and oxygen atoms in total. The van der Waals surface area contributed by atoms with Crippen molar-refractivity contribution in [1.82, 2.24) is 20.2 Å². The van der Waals surface area contributed by atoms with E-state index in [-0.39, 0.29) is 0 Å². The number of rotatable bonds is 5. The largest absolute Gasteiger partial charge is 0.330 e. The topological polar surface area (TPSA) is 69.6 Å². The first-order valence-electron chi connectivity index (χ1n) is 6.22.